The van der Waals surface area contributed by atoms with E-state index < -0.39 is 12.0 Å². The van der Waals surface area contributed by atoms with E-state index in [1.165, 1.54) is 11.8 Å². The summed E-state index contributed by atoms with van der Waals surface area (Å²) in [6.45, 7) is 1.92. The molecule has 1 aromatic carbocycles. The molecule has 3 aliphatic rings. The second-order valence-corrected chi connectivity index (χ2v) is 6.68. The summed E-state index contributed by atoms with van der Waals surface area (Å²) in [5.41, 5.74) is 1.46. The molecule has 26 heavy (non-hydrogen) atoms. The predicted molar refractivity (Wildman–Crippen MR) is 87.4 cm³/mol. The van der Waals surface area contributed by atoms with E-state index in [0.717, 1.165) is 5.56 Å². The number of carboxylic acids is 1. The SMILES string of the molecule is CC(=O)N1CC2CC(/C=C/c3ccccc3)=C(C(=O)[O-])N3C(=O)C1[C@@H]23.[Na+]. The second-order valence-electron chi connectivity index (χ2n) is 6.68. The molecule has 0 bridgehead atoms. The maximum atomic E-state index is 12.5. The fraction of sp³-hybridized carbons (Fsp3) is 0.316. The van der Waals surface area contributed by atoms with Gasteiger partial charge in [0.2, 0.25) is 5.91 Å². The van der Waals surface area contributed by atoms with Gasteiger partial charge in [-0.2, -0.15) is 0 Å². The van der Waals surface area contributed by atoms with Crippen molar-refractivity contribution in [2.75, 3.05) is 6.54 Å². The monoisotopic (exact) mass is 360 g/mol. The van der Waals surface area contributed by atoms with Crippen LogP contribution >= 0.6 is 0 Å². The molecule has 0 N–H and O–H groups in total. The van der Waals surface area contributed by atoms with E-state index in [0.29, 0.717) is 18.5 Å². The minimum absolute atomic E-state index is 0. The number of hydrogen-bond acceptors (Lipinski definition) is 4. The number of benzene rings is 1. The van der Waals surface area contributed by atoms with Crippen LogP contribution in [0.5, 0.6) is 0 Å². The number of rotatable bonds is 3. The second kappa shape index (κ2) is 7.02. The number of hydrogen-bond donors (Lipinski definition) is 0. The quantitative estimate of drug-likeness (QED) is 0.430. The summed E-state index contributed by atoms with van der Waals surface area (Å²) in [5, 5.41) is 11.7. The van der Waals surface area contributed by atoms with Gasteiger partial charge in [0.25, 0.3) is 5.91 Å². The largest absolute Gasteiger partial charge is 1.00 e. The standard InChI is InChI=1S/C19H18N2O4.Na/c1-11(22)20-10-14-9-13(8-7-12-5-3-2-4-6-12)16(19(24)25)21-15(14)17(20)18(21)23;/h2-8,14-15,17H,9-10H2,1H3,(H,24,25);/q;+1/p-1/b8-7+;/t14?,15-,17?;/m1./s1. The van der Waals surface area contributed by atoms with Crippen LogP contribution in [0.2, 0.25) is 0 Å². The number of carbonyl (C=O) groups is 3. The molecule has 0 saturated carbocycles. The molecule has 3 aliphatic heterocycles. The maximum absolute atomic E-state index is 12.5. The summed E-state index contributed by atoms with van der Waals surface area (Å²) in [5.74, 6) is -1.76. The van der Waals surface area contributed by atoms with Gasteiger partial charge in [0.15, 0.2) is 0 Å². The van der Waals surface area contributed by atoms with Gasteiger partial charge in [-0.05, 0) is 17.6 Å². The van der Waals surface area contributed by atoms with Crippen molar-refractivity contribution in [2.24, 2.45) is 5.92 Å². The Labute approximate surface area is 173 Å². The minimum atomic E-state index is -1.35. The number of aliphatic carboxylic acids is 1. The summed E-state index contributed by atoms with van der Waals surface area (Å²) < 4.78 is 0. The number of nitrogens with zero attached hydrogens (tertiary/aromatic N) is 2. The van der Waals surface area contributed by atoms with Gasteiger partial charge in [0.1, 0.15) is 6.04 Å². The summed E-state index contributed by atoms with van der Waals surface area (Å²) >= 11 is 0. The average Bonchev–Trinajstić information content (AvgIpc) is 2.96. The van der Waals surface area contributed by atoms with Gasteiger partial charge in [-0.25, -0.2) is 0 Å². The summed E-state index contributed by atoms with van der Waals surface area (Å²) in [6.07, 6.45) is 4.09. The zero-order valence-corrected chi connectivity index (χ0v) is 16.7. The number of likely N-dealkylation sites (tertiary alicyclic amines) is 1. The first-order valence-electron chi connectivity index (χ1n) is 8.27. The van der Waals surface area contributed by atoms with Crippen molar-refractivity contribution >= 4 is 23.9 Å². The van der Waals surface area contributed by atoms with Crippen LogP contribution in [-0.2, 0) is 14.4 Å². The molecular weight excluding hydrogens is 343 g/mol. The molecule has 4 rings (SSSR count). The van der Waals surface area contributed by atoms with Crippen LogP contribution in [0.3, 0.4) is 0 Å². The van der Waals surface area contributed by atoms with Crippen LogP contribution in [0.15, 0.2) is 47.7 Å². The van der Waals surface area contributed by atoms with Gasteiger partial charge < -0.3 is 19.7 Å². The van der Waals surface area contributed by atoms with E-state index in [4.69, 9.17) is 0 Å². The molecule has 2 amide bonds. The third kappa shape index (κ3) is 2.82. The van der Waals surface area contributed by atoms with Crippen molar-refractivity contribution in [3.63, 3.8) is 0 Å². The number of carboxylic acid groups (broad SMARTS) is 1. The Balaban J connectivity index is 0.00000196. The van der Waals surface area contributed by atoms with E-state index >= 15 is 0 Å². The van der Waals surface area contributed by atoms with E-state index in [-0.39, 0.29) is 59.0 Å². The molecule has 3 heterocycles. The van der Waals surface area contributed by atoms with Crippen molar-refractivity contribution in [1.82, 2.24) is 9.80 Å². The smallest absolute Gasteiger partial charge is 0.543 e. The fourth-order valence-corrected chi connectivity index (χ4v) is 4.20. The van der Waals surface area contributed by atoms with Crippen molar-refractivity contribution < 1.29 is 49.0 Å². The van der Waals surface area contributed by atoms with Gasteiger partial charge in [-0.3, -0.25) is 9.59 Å². The third-order valence-corrected chi connectivity index (χ3v) is 5.26. The van der Waals surface area contributed by atoms with E-state index in [9.17, 15) is 19.5 Å². The normalized spacial score (nSPS) is 26.5. The topological polar surface area (TPSA) is 80.8 Å². The number of amides is 2. The van der Waals surface area contributed by atoms with Crippen molar-refractivity contribution in [3.8, 4) is 0 Å². The summed E-state index contributed by atoms with van der Waals surface area (Å²) in [4.78, 5) is 38.8. The first-order valence-corrected chi connectivity index (χ1v) is 8.27. The zero-order valence-electron chi connectivity index (χ0n) is 14.7. The first-order chi connectivity index (χ1) is 12.0. The van der Waals surface area contributed by atoms with Gasteiger partial charge in [-0.1, -0.05) is 42.5 Å². The van der Waals surface area contributed by atoms with Crippen LogP contribution in [0.25, 0.3) is 6.08 Å². The van der Waals surface area contributed by atoms with E-state index in [1.807, 2.05) is 36.4 Å². The molecule has 0 radical (unpaired) electrons. The molecular formula is C19H17N2NaO4. The Bertz CT molecular complexity index is 833. The Morgan fingerprint density at radius 3 is 2.50 bits per heavy atom. The molecule has 2 saturated heterocycles. The number of β-lactam (4-membered cyclic amide) rings is 1. The molecule has 2 unspecified atom stereocenters. The molecule has 6 nitrogen and oxygen atoms in total. The predicted octanol–water partition coefficient (Wildman–Crippen LogP) is -2.83. The Morgan fingerprint density at radius 1 is 1.19 bits per heavy atom. The van der Waals surface area contributed by atoms with Crippen LogP contribution in [0.1, 0.15) is 18.9 Å². The molecule has 2 fully saturated rings. The average molecular weight is 360 g/mol. The van der Waals surface area contributed by atoms with E-state index in [2.05, 4.69) is 0 Å². The van der Waals surface area contributed by atoms with Crippen LogP contribution in [0, 0.1) is 5.92 Å². The Hall–Kier alpha value is -1.89. The van der Waals surface area contributed by atoms with Crippen molar-refractivity contribution in [3.05, 3.63) is 53.2 Å². The minimum Gasteiger partial charge on any atom is -0.543 e. The van der Waals surface area contributed by atoms with Gasteiger partial charge in [0, 0.05) is 19.4 Å². The number of allylic oxidation sites excluding steroid dienone is 2. The fourth-order valence-electron chi connectivity index (χ4n) is 4.20. The molecule has 1 aromatic rings. The molecule has 3 atom stereocenters. The van der Waals surface area contributed by atoms with Crippen molar-refractivity contribution in [2.45, 2.75) is 25.4 Å². The van der Waals surface area contributed by atoms with Gasteiger partial charge in [0.05, 0.1) is 17.7 Å². The Kier molecular flexibility index (Phi) is 5.10. The zero-order chi connectivity index (χ0) is 17.7. The van der Waals surface area contributed by atoms with E-state index in [1.54, 1.807) is 11.0 Å². The third-order valence-electron chi connectivity index (χ3n) is 5.26. The van der Waals surface area contributed by atoms with Gasteiger partial charge in [-0.15, -0.1) is 0 Å². The summed E-state index contributed by atoms with van der Waals surface area (Å²) in [7, 11) is 0. The Morgan fingerprint density at radius 2 is 1.88 bits per heavy atom. The maximum Gasteiger partial charge on any atom is 1.00 e. The molecule has 0 spiro atoms. The first kappa shape index (κ1) is 18.9. The molecule has 0 aliphatic carbocycles. The van der Waals surface area contributed by atoms with Gasteiger partial charge >= 0.3 is 29.6 Å². The van der Waals surface area contributed by atoms with Crippen LogP contribution < -0.4 is 34.7 Å². The van der Waals surface area contributed by atoms with Crippen molar-refractivity contribution in [1.29, 1.82) is 0 Å². The molecule has 0 aromatic heterocycles. The van der Waals surface area contributed by atoms with Crippen LogP contribution in [-0.4, -0.2) is 46.2 Å². The summed E-state index contributed by atoms with van der Waals surface area (Å²) in [6, 6.07) is 8.78. The van der Waals surface area contributed by atoms with Crippen LogP contribution in [0.4, 0.5) is 0 Å². The molecule has 7 heteroatoms. The number of carbonyl (C=O) groups excluding carboxylic acids is 3. The molecule has 128 valence electrons.